The van der Waals surface area contributed by atoms with Crippen LogP contribution in [0, 0.1) is 0 Å². The first-order valence-electron chi connectivity index (χ1n) is 11.6. The van der Waals surface area contributed by atoms with E-state index < -0.39 is 17.2 Å². The fourth-order valence-electron chi connectivity index (χ4n) is 5.01. The minimum Gasteiger partial charge on any atom is -0.508 e. The molecule has 2 aromatic carbocycles. The Morgan fingerprint density at radius 3 is 2.71 bits per heavy atom. The van der Waals surface area contributed by atoms with Crippen LogP contribution in [0.5, 0.6) is 5.75 Å². The molecule has 7 nitrogen and oxygen atoms in total. The number of carbonyl (C=O) groups excluding carboxylic acids is 2. The van der Waals surface area contributed by atoms with E-state index in [9.17, 15) is 14.7 Å². The van der Waals surface area contributed by atoms with E-state index in [4.69, 9.17) is 21.1 Å². The van der Waals surface area contributed by atoms with Crippen LogP contribution in [0.15, 0.2) is 42.5 Å². The lowest BCUT2D eigenvalue weighted by Crippen LogP contribution is -2.57. The van der Waals surface area contributed by atoms with Crippen molar-refractivity contribution in [1.29, 1.82) is 0 Å². The van der Waals surface area contributed by atoms with Crippen molar-refractivity contribution in [3.05, 3.63) is 47.5 Å². The predicted molar refractivity (Wildman–Crippen MR) is 131 cm³/mol. The Labute approximate surface area is 205 Å². The summed E-state index contributed by atoms with van der Waals surface area (Å²) < 4.78 is 11.3. The third-order valence-corrected chi connectivity index (χ3v) is 6.67. The van der Waals surface area contributed by atoms with E-state index in [2.05, 4.69) is 5.32 Å². The van der Waals surface area contributed by atoms with Crippen LogP contribution in [0.2, 0.25) is 5.02 Å². The Morgan fingerprint density at radius 1 is 1.18 bits per heavy atom. The highest BCUT2D eigenvalue weighted by Gasteiger charge is 2.53. The summed E-state index contributed by atoms with van der Waals surface area (Å²) in [5, 5.41) is 13.3. The lowest BCUT2D eigenvalue weighted by Gasteiger charge is -2.44. The molecule has 0 aromatic heterocycles. The van der Waals surface area contributed by atoms with Gasteiger partial charge in [-0.3, -0.25) is 10.2 Å². The molecule has 2 fully saturated rings. The SMILES string of the molecule is CC(C)(C)OC(=O)N1[C@@H]2CCC[C@@]1(COC(=O)Nc1ccc(O)cc1-c1cccc(Cl)c1)CC2. The molecular weight excluding hydrogens is 456 g/mol. The highest BCUT2D eigenvalue weighted by Crippen LogP contribution is 2.45. The molecule has 2 aliphatic heterocycles. The normalized spacial score (nSPS) is 21.8. The van der Waals surface area contributed by atoms with Gasteiger partial charge in [-0.25, -0.2) is 9.59 Å². The number of phenolic OH excluding ortho intramolecular Hbond substituents is 1. The lowest BCUT2D eigenvalue weighted by atomic mass is 9.89. The summed E-state index contributed by atoms with van der Waals surface area (Å²) in [6.07, 6.45) is 3.36. The number of carbonyl (C=O) groups is 2. The molecule has 0 saturated carbocycles. The maximum atomic E-state index is 13.0. The van der Waals surface area contributed by atoms with E-state index >= 15 is 0 Å². The van der Waals surface area contributed by atoms with Gasteiger partial charge in [-0.1, -0.05) is 23.7 Å². The maximum absolute atomic E-state index is 13.0. The lowest BCUT2D eigenvalue weighted by molar-refractivity contribution is -0.0313. The molecule has 8 heteroatoms. The van der Waals surface area contributed by atoms with Crippen molar-refractivity contribution in [1.82, 2.24) is 4.90 Å². The van der Waals surface area contributed by atoms with Gasteiger partial charge in [0.25, 0.3) is 0 Å². The Morgan fingerprint density at radius 2 is 1.97 bits per heavy atom. The van der Waals surface area contributed by atoms with Gasteiger partial charge in [0.1, 0.15) is 18.0 Å². The van der Waals surface area contributed by atoms with Crippen LogP contribution >= 0.6 is 11.6 Å². The van der Waals surface area contributed by atoms with Crippen molar-refractivity contribution in [2.75, 3.05) is 11.9 Å². The van der Waals surface area contributed by atoms with Crippen LogP contribution < -0.4 is 5.32 Å². The van der Waals surface area contributed by atoms with Crippen molar-refractivity contribution < 1.29 is 24.2 Å². The highest BCUT2D eigenvalue weighted by molar-refractivity contribution is 6.30. The van der Waals surface area contributed by atoms with E-state index in [1.807, 2.05) is 31.7 Å². The van der Waals surface area contributed by atoms with Crippen LogP contribution in [0.25, 0.3) is 11.1 Å². The summed E-state index contributed by atoms with van der Waals surface area (Å²) in [6, 6.07) is 11.9. The average molecular weight is 487 g/mol. The Bertz CT molecular complexity index is 1080. The van der Waals surface area contributed by atoms with E-state index in [1.165, 1.54) is 6.07 Å². The fraction of sp³-hybridized carbons (Fsp3) is 0.462. The first kappa shape index (κ1) is 24.2. The van der Waals surface area contributed by atoms with E-state index in [-0.39, 0.29) is 24.5 Å². The molecule has 0 radical (unpaired) electrons. The smallest absolute Gasteiger partial charge is 0.411 e. The van der Waals surface area contributed by atoms with Gasteiger partial charge < -0.3 is 14.6 Å². The van der Waals surface area contributed by atoms with E-state index in [0.29, 0.717) is 16.3 Å². The van der Waals surface area contributed by atoms with Crippen molar-refractivity contribution in [3.8, 4) is 16.9 Å². The van der Waals surface area contributed by atoms with Gasteiger partial charge in [-0.05, 0) is 88.8 Å². The number of aromatic hydroxyl groups is 1. The molecule has 4 rings (SSSR count). The zero-order valence-electron chi connectivity index (χ0n) is 19.8. The average Bonchev–Trinajstić information content (AvgIpc) is 2.98. The molecule has 2 atom stereocenters. The second-order valence-electron chi connectivity index (χ2n) is 10.1. The van der Waals surface area contributed by atoms with Crippen LogP contribution in [0.1, 0.15) is 52.9 Å². The summed E-state index contributed by atoms with van der Waals surface area (Å²) in [5.74, 6) is 0.0694. The first-order chi connectivity index (χ1) is 16.1. The number of amides is 2. The molecule has 0 unspecified atom stereocenters. The number of anilines is 1. The molecule has 34 heavy (non-hydrogen) atoms. The number of nitrogens with one attached hydrogen (secondary N) is 1. The highest BCUT2D eigenvalue weighted by atomic mass is 35.5. The number of nitrogens with zero attached hydrogens (tertiary/aromatic N) is 1. The standard InChI is InChI=1S/C26H31ClN2O5/c1-25(2,3)34-24(32)29-19-8-5-12-26(29,13-11-19)16-33-23(31)28-22-10-9-20(30)15-21(22)17-6-4-7-18(27)14-17/h4,6-7,9-10,14-15,19,30H,5,8,11-13,16H2,1-3H3,(H,28,31)/t19-,26+/m1/s1. The van der Waals surface area contributed by atoms with Crippen LogP contribution in [0.3, 0.4) is 0 Å². The van der Waals surface area contributed by atoms with Crippen molar-refractivity contribution >= 4 is 29.5 Å². The van der Waals surface area contributed by atoms with Gasteiger partial charge in [-0.15, -0.1) is 0 Å². The third kappa shape index (κ3) is 5.25. The molecular formula is C26H31ClN2O5. The number of rotatable bonds is 4. The number of piperidine rings is 1. The summed E-state index contributed by atoms with van der Waals surface area (Å²) in [5.41, 5.74) is 0.710. The number of phenols is 1. The fourth-order valence-corrected chi connectivity index (χ4v) is 5.20. The number of fused-ring (bicyclic) bond motifs is 2. The number of benzene rings is 2. The second-order valence-corrected chi connectivity index (χ2v) is 10.5. The summed E-state index contributed by atoms with van der Waals surface area (Å²) >= 11 is 6.13. The van der Waals surface area contributed by atoms with Gasteiger partial charge >= 0.3 is 12.2 Å². The quantitative estimate of drug-likeness (QED) is 0.476. The van der Waals surface area contributed by atoms with Gasteiger partial charge in [0, 0.05) is 16.6 Å². The predicted octanol–water partition coefficient (Wildman–Crippen LogP) is 6.58. The minimum atomic E-state index is -0.624. The molecule has 2 heterocycles. The number of hydrogen-bond acceptors (Lipinski definition) is 5. The van der Waals surface area contributed by atoms with Gasteiger partial charge in [0.2, 0.25) is 0 Å². The van der Waals surface area contributed by atoms with E-state index in [0.717, 1.165) is 37.7 Å². The zero-order chi connectivity index (χ0) is 24.5. The van der Waals surface area contributed by atoms with Crippen molar-refractivity contribution in [2.45, 2.75) is 70.1 Å². The molecule has 2 saturated heterocycles. The van der Waals surface area contributed by atoms with Crippen LogP contribution in [-0.4, -0.2) is 46.0 Å². The molecule has 0 spiro atoms. The largest absolute Gasteiger partial charge is 0.508 e. The zero-order valence-corrected chi connectivity index (χ0v) is 20.5. The van der Waals surface area contributed by atoms with Gasteiger partial charge in [-0.2, -0.15) is 0 Å². The molecule has 0 aliphatic carbocycles. The number of hydrogen-bond donors (Lipinski definition) is 2. The minimum absolute atomic E-state index is 0.0694. The molecule has 2 N–H and O–H groups in total. The Balaban J connectivity index is 1.48. The Kier molecular flexibility index (Phi) is 6.67. The summed E-state index contributed by atoms with van der Waals surface area (Å²) in [4.78, 5) is 27.6. The molecule has 182 valence electrons. The maximum Gasteiger partial charge on any atom is 0.411 e. The van der Waals surface area contributed by atoms with Crippen molar-refractivity contribution in [2.24, 2.45) is 0 Å². The topological polar surface area (TPSA) is 88.1 Å². The third-order valence-electron chi connectivity index (χ3n) is 6.44. The molecule has 2 amide bonds. The van der Waals surface area contributed by atoms with Gasteiger partial charge in [0.15, 0.2) is 0 Å². The Hall–Kier alpha value is -2.93. The molecule has 2 aromatic rings. The molecule has 2 aliphatic rings. The van der Waals surface area contributed by atoms with Crippen LogP contribution in [-0.2, 0) is 9.47 Å². The first-order valence-corrected chi connectivity index (χ1v) is 12.0. The molecule has 2 bridgehead atoms. The van der Waals surface area contributed by atoms with Gasteiger partial charge in [0.05, 0.1) is 11.2 Å². The summed E-state index contributed by atoms with van der Waals surface area (Å²) in [6.45, 7) is 5.65. The van der Waals surface area contributed by atoms with Crippen LogP contribution in [0.4, 0.5) is 15.3 Å². The monoisotopic (exact) mass is 486 g/mol. The second kappa shape index (κ2) is 9.37. The van der Waals surface area contributed by atoms with E-state index in [1.54, 1.807) is 30.3 Å². The number of ether oxygens (including phenoxy) is 2. The summed E-state index contributed by atoms with van der Waals surface area (Å²) in [7, 11) is 0. The van der Waals surface area contributed by atoms with Crippen molar-refractivity contribution in [3.63, 3.8) is 0 Å². The number of halogens is 1.